The quantitative estimate of drug-likeness (QED) is 0.940. The Morgan fingerprint density at radius 2 is 2.00 bits per heavy atom. The molecule has 1 aromatic carbocycles. The number of hydrogen-bond donors (Lipinski definition) is 1. The first kappa shape index (κ1) is 15.7. The van der Waals surface area contributed by atoms with Crippen molar-refractivity contribution in [1.82, 2.24) is 5.32 Å². The largest absolute Gasteiger partial charge is 0.359 e. The first-order chi connectivity index (χ1) is 11.1. The van der Waals surface area contributed by atoms with Crippen LogP contribution in [0.2, 0.25) is 0 Å². The smallest absolute Gasteiger partial charge is 0.227 e. The molecule has 2 amide bonds. The van der Waals surface area contributed by atoms with Crippen LogP contribution in [0.3, 0.4) is 0 Å². The number of piperidine rings is 1. The molecule has 23 heavy (non-hydrogen) atoms. The minimum atomic E-state index is -0.237. The number of carbonyl (C=O) groups is 2. The van der Waals surface area contributed by atoms with E-state index in [1.54, 1.807) is 23.3 Å². The molecule has 2 aromatic rings. The van der Waals surface area contributed by atoms with Gasteiger partial charge in [0.15, 0.2) is 0 Å². The summed E-state index contributed by atoms with van der Waals surface area (Å²) in [5, 5.41) is 4.74. The second-order valence-corrected chi connectivity index (χ2v) is 6.80. The monoisotopic (exact) mass is 328 g/mol. The van der Waals surface area contributed by atoms with Gasteiger partial charge in [-0.3, -0.25) is 9.59 Å². The molecule has 0 bridgehead atoms. The van der Waals surface area contributed by atoms with Crippen molar-refractivity contribution in [3.8, 4) is 0 Å². The number of anilines is 1. The summed E-state index contributed by atoms with van der Waals surface area (Å²) in [6, 6.07) is 11.6. The van der Waals surface area contributed by atoms with E-state index in [1.165, 1.54) is 0 Å². The van der Waals surface area contributed by atoms with E-state index in [1.807, 2.05) is 48.7 Å². The molecule has 0 saturated carbocycles. The summed E-state index contributed by atoms with van der Waals surface area (Å²) in [6.45, 7) is 2.02. The van der Waals surface area contributed by atoms with Gasteiger partial charge in [-0.05, 0) is 36.9 Å². The van der Waals surface area contributed by atoms with Crippen molar-refractivity contribution < 1.29 is 9.59 Å². The highest BCUT2D eigenvalue weighted by molar-refractivity contribution is 7.10. The number of hydrogen-bond acceptors (Lipinski definition) is 3. The summed E-state index contributed by atoms with van der Waals surface area (Å²) >= 11 is 1.59. The molecule has 3 rings (SSSR count). The van der Waals surface area contributed by atoms with E-state index in [0.717, 1.165) is 16.1 Å². The van der Waals surface area contributed by atoms with Crippen molar-refractivity contribution in [2.24, 2.45) is 5.92 Å². The second kappa shape index (κ2) is 6.54. The van der Waals surface area contributed by atoms with Gasteiger partial charge in [0, 0.05) is 24.0 Å². The van der Waals surface area contributed by atoms with Crippen molar-refractivity contribution in [3.63, 3.8) is 0 Å². The number of carbonyl (C=O) groups excluding carboxylic acids is 2. The van der Waals surface area contributed by atoms with Crippen LogP contribution < -0.4 is 10.2 Å². The summed E-state index contributed by atoms with van der Waals surface area (Å²) in [6.07, 6.45) is 0.983. The Morgan fingerprint density at radius 1 is 1.26 bits per heavy atom. The molecule has 2 atom stereocenters. The molecule has 2 heterocycles. The molecule has 2 unspecified atom stereocenters. The zero-order chi connectivity index (χ0) is 16.4. The Morgan fingerprint density at radius 3 is 2.61 bits per heavy atom. The summed E-state index contributed by atoms with van der Waals surface area (Å²) in [7, 11) is 1.65. The molecule has 0 aliphatic carbocycles. The van der Waals surface area contributed by atoms with E-state index in [2.05, 4.69) is 5.32 Å². The molecular formula is C18H20N2O2S. The molecule has 120 valence electrons. The minimum absolute atomic E-state index is 0.00647. The third-order valence-electron chi connectivity index (χ3n) is 4.33. The van der Waals surface area contributed by atoms with E-state index >= 15 is 0 Å². The molecule has 0 radical (unpaired) electrons. The van der Waals surface area contributed by atoms with Crippen LogP contribution >= 0.6 is 11.3 Å². The maximum absolute atomic E-state index is 12.6. The van der Waals surface area contributed by atoms with Crippen LogP contribution in [0, 0.1) is 12.8 Å². The molecule has 1 aromatic heterocycles. The zero-order valence-corrected chi connectivity index (χ0v) is 14.1. The van der Waals surface area contributed by atoms with E-state index < -0.39 is 0 Å². The van der Waals surface area contributed by atoms with Crippen LogP contribution in [0.1, 0.15) is 29.3 Å². The molecule has 5 heteroatoms. The predicted octanol–water partition coefficient (Wildman–Crippen LogP) is 3.29. The van der Waals surface area contributed by atoms with Gasteiger partial charge < -0.3 is 10.2 Å². The van der Waals surface area contributed by atoms with Gasteiger partial charge in [0.2, 0.25) is 11.8 Å². The molecule has 4 nitrogen and oxygen atoms in total. The van der Waals surface area contributed by atoms with Crippen molar-refractivity contribution in [2.45, 2.75) is 25.8 Å². The number of amides is 2. The Bertz CT molecular complexity index is 694. The van der Waals surface area contributed by atoms with Crippen molar-refractivity contribution in [2.75, 3.05) is 11.9 Å². The van der Waals surface area contributed by atoms with Crippen LogP contribution in [0.4, 0.5) is 5.69 Å². The number of aryl methyl sites for hydroxylation is 1. The van der Waals surface area contributed by atoms with Gasteiger partial charge in [-0.1, -0.05) is 23.8 Å². The first-order valence-electron chi connectivity index (χ1n) is 7.75. The van der Waals surface area contributed by atoms with Crippen LogP contribution in [-0.4, -0.2) is 18.9 Å². The lowest BCUT2D eigenvalue weighted by Crippen LogP contribution is -2.47. The Kier molecular flexibility index (Phi) is 4.48. The average Bonchev–Trinajstić information content (AvgIpc) is 3.09. The SMILES string of the molecule is CNC(=O)C1CCC(=O)N(c2ccc(C)cc2)C1c1cccs1. The lowest BCUT2D eigenvalue weighted by molar-refractivity contribution is -0.128. The van der Waals surface area contributed by atoms with Gasteiger partial charge in [0.1, 0.15) is 0 Å². The van der Waals surface area contributed by atoms with Gasteiger partial charge in [-0.2, -0.15) is 0 Å². The van der Waals surface area contributed by atoms with Gasteiger partial charge in [0.05, 0.1) is 12.0 Å². The zero-order valence-electron chi connectivity index (χ0n) is 13.3. The Labute approximate surface area is 140 Å². The molecule has 1 N–H and O–H groups in total. The second-order valence-electron chi connectivity index (χ2n) is 5.82. The third-order valence-corrected chi connectivity index (χ3v) is 5.27. The fourth-order valence-electron chi connectivity index (χ4n) is 3.15. The number of nitrogens with zero attached hydrogens (tertiary/aromatic N) is 1. The fourth-order valence-corrected chi connectivity index (χ4v) is 4.03. The van der Waals surface area contributed by atoms with E-state index in [9.17, 15) is 9.59 Å². The first-order valence-corrected chi connectivity index (χ1v) is 8.63. The highest BCUT2D eigenvalue weighted by atomic mass is 32.1. The van der Waals surface area contributed by atoms with E-state index in [-0.39, 0.29) is 23.8 Å². The Hall–Kier alpha value is -2.14. The maximum atomic E-state index is 12.6. The lowest BCUT2D eigenvalue weighted by Gasteiger charge is -2.40. The minimum Gasteiger partial charge on any atom is -0.359 e. The van der Waals surface area contributed by atoms with E-state index in [0.29, 0.717) is 12.8 Å². The normalized spacial score (nSPS) is 21.3. The van der Waals surface area contributed by atoms with Gasteiger partial charge >= 0.3 is 0 Å². The third kappa shape index (κ3) is 3.01. The summed E-state index contributed by atoms with van der Waals surface area (Å²) < 4.78 is 0. The maximum Gasteiger partial charge on any atom is 0.227 e. The summed E-state index contributed by atoms with van der Waals surface area (Å²) in [4.78, 5) is 27.9. The molecule has 0 spiro atoms. The molecule has 1 aliphatic heterocycles. The Balaban J connectivity index is 2.06. The van der Waals surface area contributed by atoms with Crippen LogP contribution in [0.5, 0.6) is 0 Å². The number of nitrogens with one attached hydrogen (secondary N) is 1. The van der Waals surface area contributed by atoms with Gasteiger partial charge in [-0.25, -0.2) is 0 Å². The molecule has 1 saturated heterocycles. The summed E-state index contributed by atoms with van der Waals surface area (Å²) in [5.41, 5.74) is 2.00. The van der Waals surface area contributed by atoms with Crippen LogP contribution in [0.15, 0.2) is 41.8 Å². The number of rotatable bonds is 3. The van der Waals surface area contributed by atoms with E-state index in [4.69, 9.17) is 0 Å². The fraction of sp³-hybridized carbons (Fsp3) is 0.333. The van der Waals surface area contributed by atoms with Crippen LogP contribution in [0.25, 0.3) is 0 Å². The van der Waals surface area contributed by atoms with Crippen molar-refractivity contribution >= 4 is 28.8 Å². The highest BCUT2D eigenvalue weighted by Gasteiger charge is 2.41. The van der Waals surface area contributed by atoms with Crippen LogP contribution in [-0.2, 0) is 9.59 Å². The molecular weight excluding hydrogens is 308 g/mol. The van der Waals surface area contributed by atoms with Gasteiger partial charge in [-0.15, -0.1) is 11.3 Å². The van der Waals surface area contributed by atoms with Gasteiger partial charge in [0.25, 0.3) is 0 Å². The number of benzene rings is 1. The molecule has 1 aliphatic rings. The topological polar surface area (TPSA) is 49.4 Å². The summed E-state index contributed by atoms with van der Waals surface area (Å²) in [5.74, 6) is -0.155. The number of thiophene rings is 1. The predicted molar refractivity (Wildman–Crippen MR) is 92.5 cm³/mol. The average molecular weight is 328 g/mol. The van der Waals surface area contributed by atoms with Crippen molar-refractivity contribution in [3.05, 3.63) is 52.2 Å². The highest BCUT2D eigenvalue weighted by Crippen LogP contribution is 2.41. The molecule has 1 fully saturated rings. The lowest BCUT2D eigenvalue weighted by atomic mass is 9.86. The van der Waals surface area contributed by atoms with Crippen molar-refractivity contribution in [1.29, 1.82) is 0 Å². The standard InChI is InChI=1S/C18H20N2O2S/c1-12-5-7-13(8-6-12)20-16(21)10-9-14(18(22)19-2)17(20)15-4-3-11-23-15/h3-8,11,14,17H,9-10H2,1-2H3,(H,19,22).